The molecule has 1 atom stereocenters. The molecule has 148 valence electrons. The highest BCUT2D eigenvalue weighted by atomic mass is 16.2. The number of aliphatic imine (C=N–C) groups is 1. The molecule has 2 aliphatic heterocycles. The van der Waals surface area contributed by atoms with Crippen molar-refractivity contribution in [2.24, 2.45) is 4.99 Å². The number of fused-ring (bicyclic) bond motifs is 1. The van der Waals surface area contributed by atoms with Crippen LogP contribution in [0.2, 0.25) is 0 Å². The molecule has 1 saturated heterocycles. The van der Waals surface area contributed by atoms with Crippen LogP contribution >= 0.6 is 0 Å². The van der Waals surface area contributed by atoms with Crippen molar-refractivity contribution in [3.63, 3.8) is 0 Å². The fraction of sp³-hybridized carbons (Fsp3) is 0.500. The summed E-state index contributed by atoms with van der Waals surface area (Å²) in [6, 6.07) is 6.49. The molecule has 2 amide bonds. The molecule has 0 saturated carbocycles. The van der Waals surface area contributed by atoms with Crippen molar-refractivity contribution in [3.8, 4) is 0 Å². The van der Waals surface area contributed by atoms with Gasteiger partial charge in [0.1, 0.15) is 0 Å². The number of allylic oxidation sites excluding steroid dienone is 1. The van der Waals surface area contributed by atoms with Crippen molar-refractivity contribution in [2.75, 3.05) is 32.7 Å². The van der Waals surface area contributed by atoms with Crippen LogP contribution in [0.5, 0.6) is 0 Å². The van der Waals surface area contributed by atoms with E-state index in [4.69, 9.17) is 0 Å². The molecule has 2 heterocycles. The lowest BCUT2D eigenvalue weighted by Gasteiger charge is -2.27. The fourth-order valence-electron chi connectivity index (χ4n) is 4.34. The number of urea groups is 1. The monoisotopic (exact) mass is 380 g/mol. The van der Waals surface area contributed by atoms with E-state index in [1.165, 1.54) is 5.56 Å². The molecular formula is C22H28N4O2. The van der Waals surface area contributed by atoms with Gasteiger partial charge >= 0.3 is 6.03 Å². The number of hydrogen-bond donors (Lipinski definition) is 1. The maximum absolute atomic E-state index is 12.8. The van der Waals surface area contributed by atoms with E-state index < -0.39 is 0 Å². The molecule has 28 heavy (non-hydrogen) atoms. The van der Waals surface area contributed by atoms with Gasteiger partial charge < -0.3 is 10.2 Å². The van der Waals surface area contributed by atoms with Gasteiger partial charge in [0.05, 0.1) is 12.3 Å². The van der Waals surface area contributed by atoms with E-state index in [1.807, 2.05) is 19.1 Å². The highest BCUT2D eigenvalue weighted by molar-refractivity contribution is 6.30. The number of rotatable bonds is 4. The molecule has 1 aliphatic carbocycles. The number of hydrogen-bond acceptors (Lipinski definition) is 4. The van der Waals surface area contributed by atoms with Crippen molar-refractivity contribution in [3.05, 3.63) is 41.0 Å². The van der Waals surface area contributed by atoms with E-state index >= 15 is 0 Å². The number of amides is 2. The van der Waals surface area contributed by atoms with Gasteiger partial charge in [-0.15, -0.1) is 0 Å². The third kappa shape index (κ3) is 3.66. The standard InChI is InChI=1S/C22H28N4O2/c1-3-25-14-18(24-22(25)28)11-19-20(27)10-16-6-4-7-17(21(16)19)13-26-9-5-8-23-12-15(26)2/h4,6-7,11,15,23H,3,5,8-10,12-14H2,1-2H3/b19-11+. The average molecular weight is 380 g/mol. The van der Waals surface area contributed by atoms with Crippen LogP contribution < -0.4 is 5.32 Å². The lowest BCUT2D eigenvalue weighted by Crippen LogP contribution is -2.37. The van der Waals surface area contributed by atoms with Crippen molar-refractivity contribution < 1.29 is 9.59 Å². The summed E-state index contributed by atoms with van der Waals surface area (Å²) in [6.07, 6.45) is 3.41. The number of nitrogens with one attached hydrogen (secondary N) is 1. The van der Waals surface area contributed by atoms with Crippen LogP contribution in [-0.4, -0.2) is 66.1 Å². The summed E-state index contributed by atoms with van der Waals surface area (Å²) in [7, 11) is 0. The first-order valence-electron chi connectivity index (χ1n) is 10.2. The first kappa shape index (κ1) is 19.0. The molecule has 1 unspecified atom stereocenters. The van der Waals surface area contributed by atoms with Crippen LogP contribution in [-0.2, 0) is 17.8 Å². The second kappa shape index (κ2) is 7.97. The molecule has 6 heteroatoms. The first-order chi connectivity index (χ1) is 13.6. The minimum Gasteiger partial charge on any atom is -0.317 e. The van der Waals surface area contributed by atoms with Gasteiger partial charge in [-0.2, -0.15) is 4.99 Å². The van der Waals surface area contributed by atoms with Crippen LogP contribution in [0.4, 0.5) is 4.79 Å². The van der Waals surface area contributed by atoms with Crippen LogP contribution in [0.1, 0.15) is 37.0 Å². The Labute approximate surface area is 166 Å². The zero-order valence-corrected chi connectivity index (χ0v) is 16.7. The molecule has 1 aromatic rings. The predicted molar refractivity (Wildman–Crippen MR) is 111 cm³/mol. The van der Waals surface area contributed by atoms with E-state index in [1.54, 1.807) is 4.90 Å². The summed E-state index contributed by atoms with van der Waals surface area (Å²) in [4.78, 5) is 33.0. The van der Waals surface area contributed by atoms with Crippen molar-refractivity contribution in [1.29, 1.82) is 0 Å². The molecule has 6 nitrogen and oxygen atoms in total. The van der Waals surface area contributed by atoms with Gasteiger partial charge in [-0.05, 0) is 49.6 Å². The molecule has 0 aromatic heterocycles. The predicted octanol–water partition coefficient (Wildman–Crippen LogP) is 2.28. The van der Waals surface area contributed by atoms with Crippen LogP contribution in [0.15, 0.2) is 29.3 Å². The Morgan fingerprint density at radius 1 is 1.32 bits per heavy atom. The summed E-state index contributed by atoms with van der Waals surface area (Å²) in [5, 5.41) is 3.48. The van der Waals surface area contributed by atoms with Crippen LogP contribution in [0, 0.1) is 0 Å². The number of carbonyl (C=O) groups is 2. The molecule has 0 spiro atoms. The zero-order valence-electron chi connectivity index (χ0n) is 16.7. The van der Waals surface area contributed by atoms with E-state index in [2.05, 4.69) is 34.3 Å². The lowest BCUT2D eigenvalue weighted by molar-refractivity contribution is -0.112. The summed E-state index contributed by atoms with van der Waals surface area (Å²) in [5.74, 6) is 0.123. The molecule has 3 aliphatic rings. The van der Waals surface area contributed by atoms with Gasteiger partial charge in [0.25, 0.3) is 0 Å². The van der Waals surface area contributed by atoms with Gasteiger partial charge in [-0.1, -0.05) is 18.2 Å². The molecule has 1 fully saturated rings. The molecule has 1 aromatic carbocycles. The summed E-state index contributed by atoms with van der Waals surface area (Å²) < 4.78 is 0. The van der Waals surface area contributed by atoms with Crippen molar-refractivity contribution >= 4 is 23.1 Å². The molecule has 4 rings (SSSR count). The Morgan fingerprint density at radius 2 is 2.18 bits per heavy atom. The van der Waals surface area contributed by atoms with Crippen molar-refractivity contribution in [1.82, 2.24) is 15.1 Å². The van der Waals surface area contributed by atoms with Gasteiger partial charge in [0, 0.05) is 44.2 Å². The highest BCUT2D eigenvalue weighted by Gasteiger charge is 2.30. The minimum absolute atomic E-state index is 0.123. The highest BCUT2D eigenvalue weighted by Crippen LogP contribution is 2.34. The Balaban J connectivity index is 1.65. The Kier molecular flexibility index (Phi) is 5.42. The van der Waals surface area contributed by atoms with E-state index in [-0.39, 0.29) is 11.8 Å². The molecule has 0 bridgehead atoms. The zero-order chi connectivity index (χ0) is 19.7. The SMILES string of the molecule is CCN1CC(/C=C2\C(=O)Cc3cccc(CN4CCCNCC4C)c32)=NC1=O. The van der Waals surface area contributed by atoms with Gasteiger partial charge in [0.2, 0.25) is 0 Å². The topological polar surface area (TPSA) is 65.0 Å². The number of Topliss-reactive ketones (excluding diaryl/α,β-unsaturated/α-hetero) is 1. The second-order valence-corrected chi connectivity index (χ2v) is 7.89. The third-order valence-corrected chi connectivity index (χ3v) is 5.95. The Hall–Kier alpha value is -2.31. The largest absolute Gasteiger partial charge is 0.344 e. The number of carbonyl (C=O) groups excluding carboxylic acids is 2. The second-order valence-electron chi connectivity index (χ2n) is 7.89. The maximum Gasteiger partial charge on any atom is 0.344 e. The minimum atomic E-state index is -0.209. The van der Waals surface area contributed by atoms with Gasteiger partial charge in [-0.25, -0.2) is 4.79 Å². The Bertz CT molecular complexity index is 858. The lowest BCUT2D eigenvalue weighted by atomic mass is 9.98. The van der Waals surface area contributed by atoms with Gasteiger partial charge in [-0.3, -0.25) is 9.69 Å². The number of ketones is 1. The fourth-order valence-corrected chi connectivity index (χ4v) is 4.34. The normalized spacial score (nSPS) is 24.6. The quantitative estimate of drug-likeness (QED) is 0.814. The third-order valence-electron chi connectivity index (χ3n) is 5.95. The number of nitrogens with zero attached hydrogens (tertiary/aromatic N) is 3. The van der Waals surface area contributed by atoms with Gasteiger partial charge in [0.15, 0.2) is 5.78 Å². The van der Waals surface area contributed by atoms with Crippen LogP contribution in [0.25, 0.3) is 5.57 Å². The summed E-state index contributed by atoms with van der Waals surface area (Å²) >= 11 is 0. The Morgan fingerprint density at radius 3 is 2.96 bits per heavy atom. The van der Waals surface area contributed by atoms with E-state index in [0.29, 0.717) is 31.3 Å². The molecule has 0 radical (unpaired) electrons. The summed E-state index contributed by atoms with van der Waals surface area (Å²) in [5.41, 5.74) is 4.75. The van der Waals surface area contributed by atoms with Crippen LogP contribution in [0.3, 0.4) is 0 Å². The van der Waals surface area contributed by atoms with E-state index in [9.17, 15) is 9.59 Å². The van der Waals surface area contributed by atoms with E-state index in [0.717, 1.165) is 49.3 Å². The first-order valence-corrected chi connectivity index (χ1v) is 10.2. The number of benzene rings is 1. The van der Waals surface area contributed by atoms with Crippen molar-refractivity contribution in [2.45, 2.75) is 39.3 Å². The molecular weight excluding hydrogens is 352 g/mol. The molecule has 1 N–H and O–H groups in total. The summed E-state index contributed by atoms with van der Waals surface area (Å²) in [6.45, 7) is 9.24. The smallest absolute Gasteiger partial charge is 0.317 e. The maximum atomic E-state index is 12.8. The average Bonchev–Trinajstić information content (AvgIpc) is 3.11.